The van der Waals surface area contributed by atoms with Crippen molar-refractivity contribution < 1.29 is 9.26 Å². The maximum atomic E-state index is 6.22. The van der Waals surface area contributed by atoms with Crippen LogP contribution in [0.15, 0.2) is 47.0 Å². The van der Waals surface area contributed by atoms with Crippen LogP contribution in [0.4, 0.5) is 0 Å². The van der Waals surface area contributed by atoms with Crippen molar-refractivity contribution >= 4 is 22.6 Å². The lowest BCUT2D eigenvalue weighted by atomic mass is 9.79. The van der Waals surface area contributed by atoms with Crippen molar-refractivity contribution in [3.63, 3.8) is 0 Å². The zero-order valence-corrected chi connectivity index (χ0v) is 17.2. The van der Waals surface area contributed by atoms with Gasteiger partial charge in [0.25, 0.3) is 0 Å². The van der Waals surface area contributed by atoms with Crippen LogP contribution in [0.2, 0.25) is 5.02 Å². The lowest BCUT2D eigenvalue weighted by Gasteiger charge is -2.27. The first-order valence-electron chi connectivity index (χ1n) is 10.4. The van der Waals surface area contributed by atoms with Crippen LogP contribution in [-0.2, 0) is 18.0 Å². The summed E-state index contributed by atoms with van der Waals surface area (Å²) in [5, 5.41) is 15.3. The van der Waals surface area contributed by atoms with Crippen molar-refractivity contribution in [2.75, 3.05) is 0 Å². The van der Waals surface area contributed by atoms with Crippen LogP contribution in [0.1, 0.15) is 60.4 Å². The Bertz CT molecular complexity index is 1220. The Morgan fingerprint density at radius 2 is 1.77 bits per heavy atom. The second-order valence-corrected chi connectivity index (χ2v) is 8.62. The molecule has 2 aromatic carbocycles. The largest absolute Gasteiger partial charge is 0.369 e. The van der Waals surface area contributed by atoms with Crippen LogP contribution in [0.3, 0.4) is 0 Å². The fraction of sp³-hybridized carbons (Fsp3) is 0.348. The van der Waals surface area contributed by atoms with E-state index in [1.807, 2.05) is 30.3 Å². The van der Waals surface area contributed by atoms with E-state index in [4.69, 9.17) is 20.9 Å². The minimum atomic E-state index is 0.363. The Balaban J connectivity index is 1.29. The smallest absolute Gasteiger partial charge is 0.167 e. The molecule has 0 spiro atoms. The molecule has 1 aliphatic carbocycles. The van der Waals surface area contributed by atoms with Crippen molar-refractivity contribution in [1.82, 2.24) is 19.9 Å². The van der Waals surface area contributed by atoms with Crippen molar-refractivity contribution in [1.29, 1.82) is 0 Å². The monoisotopic (exact) mass is 420 g/mol. The van der Waals surface area contributed by atoms with Gasteiger partial charge in [0.05, 0.1) is 18.0 Å². The molecular weight excluding hydrogens is 400 g/mol. The highest BCUT2D eigenvalue weighted by atomic mass is 35.5. The third-order valence-corrected chi connectivity index (χ3v) is 6.65. The van der Waals surface area contributed by atoms with E-state index >= 15 is 0 Å². The van der Waals surface area contributed by atoms with Crippen molar-refractivity contribution in [2.24, 2.45) is 0 Å². The number of halogens is 1. The number of aromatic nitrogens is 4. The topological polar surface area (TPSA) is 66.0 Å². The predicted octanol–water partition coefficient (Wildman–Crippen LogP) is 5.53. The van der Waals surface area contributed by atoms with Gasteiger partial charge in [0, 0.05) is 27.8 Å². The first kappa shape index (κ1) is 18.1. The Morgan fingerprint density at radius 3 is 2.67 bits per heavy atom. The fourth-order valence-corrected chi connectivity index (χ4v) is 5.11. The second-order valence-electron chi connectivity index (χ2n) is 8.19. The van der Waals surface area contributed by atoms with E-state index in [1.54, 1.807) is 0 Å². The molecule has 0 N–H and O–H groups in total. The molecule has 0 atom stereocenters. The maximum absolute atomic E-state index is 6.22. The molecule has 0 radical (unpaired) electrons. The van der Waals surface area contributed by atoms with Gasteiger partial charge in [0.15, 0.2) is 11.4 Å². The molecule has 4 aromatic rings. The van der Waals surface area contributed by atoms with Crippen molar-refractivity contribution in [2.45, 2.75) is 50.7 Å². The molecular formula is C23H21ClN4O2. The fourth-order valence-electron chi connectivity index (χ4n) is 4.92. The van der Waals surface area contributed by atoms with Crippen LogP contribution in [0.25, 0.3) is 16.7 Å². The first-order valence-corrected chi connectivity index (χ1v) is 10.8. The van der Waals surface area contributed by atoms with Crippen LogP contribution in [0.5, 0.6) is 0 Å². The van der Waals surface area contributed by atoms with E-state index in [9.17, 15) is 0 Å². The van der Waals surface area contributed by atoms with E-state index in [-0.39, 0.29) is 0 Å². The summed E-state index contributed by atoms with van der Waals surface area (Å²) in [6, 6.07) is 14.1. The van der Waals surface area contributed by atoms with Crippen LogP contribution in [0, 0.1) is 0 Å². The molecule has 0 bridgehead atoms. The molecule has 6 rings (SSSR count). The van der Waals surface area contributed by atoms with E-state index in [1.165, 1.54) is 0 Å². The molecule has 1 fully saturated rings. The molecule has 3 heterocycles. The van der Waals surface area contributed by atoms with Gasteiger partial charge in [0.1, 0.15) is 12.4 Å². The highest BCUT2D eigenvalue weighted by Gasteiger charge is 2.31. The summed E-state index contributed by atoms with van der Waals surface area (Å²) in [5.74, 6) is 2.67. The summed E-state index contributed by atoms with van der Waals surface area (Å²) in [6.07, 6.45) is 4.22. The summed E-state index contributed by atoms with van der Waals surface area (Å²) >= 11 is 6.22. The minimum absolute atomic E-state index is 0.363. The lowest BCUT2D eigenvalue weighted by Crippen LogP contribution is -2.17. The highest BCUT2D eigenvalue weighted by Crippen LogP contribution is 2.42. The Labute approximate surface area is 178 Å². The molecule has 2 aliphatic rings. The van der Waals surface area contributed by atoms with Crippen molar-refractivity contribution in [3.05, 3.63) is 70.4 Å². The number of para-hydroxylation sites is 1. The second kappa shape index (κ2) is 7.22. The van der Waals surface area contributed by atoms with Gasteiger partial charge in [-0.05, 0) is 56.0 Å². The van der Waals surface area contributed by atoms with Gasteiger partial charge in [-0.1, -0.05) is 28.9 Å². The molecule has 0 unspecified atom stereocenters. The Hall–Kier alpha value is -2.70. The first-order chi connectivity index (χ1) is 14.8. The molecule has 30 heavy (non-hydrogen) atoms. The van der Waals surface area contributed by atoms with Gasteiger partial charge >= 0.3 is 0 Å². The number of hydrogen-bond acceptors (Lipinski definition) is 5. The number of nitrogens with zero attached hydrogens (tertiary/aromatic N) is 4. The summed E-state index contributed by atoms with van der Waals surface area (Å²) in [6.45, 7) is 0.990. The Morgan fingerprint density at radius 1 is 0.933 bits per heavy atom. The van der Waals surface area contributed by atoms with Gasteiger partial charge in [0.2, 0.25) is 0 Å². The lowest BCUT2D eigenvalue weighted by molar-refractivity contribution is 0.105. The number of rotatable bonds is 2. The standard InChI is InChI=1S/C23H21ClN4O2/c24-17-9-10-19-16(11-17)12-29-13-21-25-26-23(28(19)21)15-7-5-14(6-8-15)22-18-3-1-2-4-20(18)30-27-22/h1-4,9-11,14-15H,5-8,12-13H2. The molecule has 0 saturated heterocycles. The van der Waals surface area contributed by atoms with E-state index < -0.39 is 0 Å². The number of hydrogen-bond donors (Lipinski definition) is 0. The SMILES string of the molecule is Clc1ccc2c(c1)COCc1nnc(C3CCC(c4noc5ccccc45)CC3)n1-2. The zero-order chi connectivity index (χ0) is 20.1. The van der Waals surface area contributed by atoms with Crippen LogP contribution < -0.4 is 0 Å². The quantitative estimate of drug-likeness (QED) is 0.426. The zero-order valence-electron chi connectivity index (χ0n) is 16.4. The van der Waals surface area contributed by atoms with Gasteiger partial charge < -0.3 is 9.26 Å². The number of ether oxygens (including phenoxy) is 1. The molecule has 2 aromatic heterocycles. The average Bonchev–Trinajstić information content (AvgIpc) is 3.34. The van der Waals surface area contributed by atoms with E-state index in [0.29, 0.717) is 25.0 Å². The average molecular weight is 421 g/mol. The van der Waals surface area contributed by atoms with Gasteiger partial charge in [-0.3, -0.25) is 4.57 Å². The summed E-state index contributed by atoms with van der Waals surface area (Å²) in [4.78, 5) is 0. The maximum Gasteiger partial charge on any atom is 0.167 e. The normalized spacial score (nSPS) is 21.2. The number of benzene rings is 2. The van der Waals surface area contributed by atoms with Crippen LogP contribution >= 0.6 is 11.6 Å². The minimum Gasteiger partial charge on any atom is -0.369 e. The van der Waals surface area contributed by atoms with Gasteiger partial charge in [-0.2, -0.15) is 0 Å². The van der Waals surface area contributed by atoms with Gasteiger partial charge in [-0.25, -0.2) is 0 Å². The Kier molecular flexibility index (Phi) is 4.35. The molecule has 7 heteroatoms. The summed E-state index contributed by atoms with van der Waals surface area (Å²) < 4.78 is 13.5. The third kappa shape index (κ3) is 2.94. The summed E-state index contributed by atoms with van der Waals surface area (Å²) in [5.41, 5.74) is 4.12. The molecule has 1 saturated carbocycles. The highest BCUT2D eigenvalue weighted by molar-refractivity contribution is 6.30. The molecule has 1 aliphatic heterocycles. The molecule has 152 valence electrons. The molecule has 0 amide bonds. The van der Waals surface area contributed by atoms with Crippen LogP contribution in [-0.4, -0.2) is 19.9 Å². The van der Waals surface area contributed by atoms with E-state index in [2.05, 4.69) is 32.1 Å². The number of fused-ring (bicyclic) bond motifs is 4. The van der Waals surface area contributed by atoms with E-state index in [0.717, 1.165) is 70.3 Å². The summed E-state index contributed by atoms with van der Waals surface area (Å²) in [7, 11) is 0. The van der Waals surface area contributed by atoms with Crippen molar-refractivity contribution in [3.8, 4) is 5.69 Å². The molecule has 6 nitrogen and oxygen atoms in total. The van der Waals surface area contributed by atoms with Gasteiger partial charge in [-0.15, -0.1) is 10.2 Å². The predicted molar refractivity (Wildman–Crippen MR) is 113 cm³/mol. The third-order valence-electron chi connectivity index (χ3n) is 6.41.